The first-order chi connectivity index (χ1) is 13.2. The van der Waals surface area contributed by atoms with Gasteiger partial charge in [-0.2, -0.15) is 0 Å². The number of methoxy groups -OCH3 is 1. The Morgan fingerprint density at radius 1 is 1.00 bits per heavy atom. The third-order valence-electron chi connectivity index (χ3n) is 4.07. The molecule has 4 aromatic rings. The topological polar surface area (TPSA) is 56.3 Å². The van der Waals surface area contributed by atoms with E-state index in [1.807, 2.05) is 49.5 Å². The van der Waals surface area contributed by atoms with E-state index >= 15 is 0 Å². The van der Waals surface area contributed by atoms with Gasteiger partial charge in [-0.15, -0.1) is 0 Å². The first-order valence-corrected chi connectivity index (χ1v) is 9.46. The van der Waals surface area contributed by atoms with Crippen molar-refractivity contribution in [2.75, 3.05) is 19.0 Å². The van der Waals surface area contributed by atoms with Crippen LogP contribution in [-0.4, -0.2) is 23.7 Å². The Balaban J connectivity index is 1.62. The molecule has 0 atom stereocenters. The Hall–Kier alpha value is -3.12. The zero-order chi connectivity index (χ0) is 18.6. The minimum absolute atomic E-state index is 0.645. The summed E-state index contributed by atoms with van der Waals surface area (Å²) in [4.78, 5) is 8.91. The molecular weight excluding hydrogens is 358 g/mol. The van der Waals surface area contributed by atoms with E-state index in [9.17, 15) is 0 Å². The maximum atomic E-state index is 5.55. The molecule has 0 aliphatic rings. The average molecular weight is 377 g/mol. The van der Waals surface area contributed by atoms with Gasteiger partial charge in [0.25, 0.3) is 0 Å². The lowest BCUT2D eigenvalue weighted by atomic mass is 10.1. The van der Waals surface area contributed by atoms with Gasteiger partial charge in [0.05, 0.1) is 30.1 Å². The molecular formula is C21H19N3O2S. The highest BCUT2D eigenvalue weighted by molar-refractivity contribution is 7.22. The van der Waals surface area contributed by atoms with Gasteiger partial charge in [-0.25, -0.2) is 4.98 Å². The van der Waals surface area contributed by atoms with Crippen LogP contribution in [0.4, 0.5) is 10.8 Å². The van der Waals surface area contributed by atoms with Crippen LogP contribution in [0.2, 0.25) is 0 Å². The third kappa shape index (κ3) is 3.85. The molecule has 0 aliphatic heterocycles. The zero-order valence-electron chi connectivity index (χ0n) is 15.1. The molecule has 2 aromatic heterocycles. The molecule has 0 bridgehead atoms. The normalized spacial score (nSPS) is 10.7. The molecule has 0 unspecified atom stereocenters. The van der Waals surface area contributed by atoms with Gasteiger partial charge in [0.2, 0.25) is 0 Å². The monoisotopic (exact) mass is 377 g/mol. The summed E-state index contributed by atoms with van der Waals surface area (Å²) >= 11 is 1.62. The summed E-state index contributed by atoms with van der Waals surface area (Å²) in [7, 11) is 1.64. The number of aromatic nitrogens is 2. The second-order valence-corrected chi connectivity index (χ2v) is 6.93. The number of nitrogens with zero attached hydrogens (tertiary/aromatic N) is 2. The summed E-state index contributed by atoms with van der Waals surface area (Å²) in [5.74, 6) is 1.59. The van der Waals surface area contributed by atoms with Crippen LogP contribution in [0.3, 0.4) is 0 Å². The Kier molecular flexibility index (Phi) is 4.89. The Morgan fingerprint density at radius 2 is 1.93 bits per heavy atom. The van der Waals surface area contributed by atoms with E-state index in [1.165, 1.54) is 0 Å². The minimum Gasteiger partial charge on any atom is -0.495 e. The zero-order valence-corrected chi connectivity index (χ0v) is 15.9. The number of anilines is 2. The van der Waals surface area contributed by atoms with E-state index < -0.39 is 0 Å². The van der Waals surface area contributed by atoms with Crippen molar-refractivity contribution < 1.29 is 9.47 Å². The Morgan fingerprint density at radius 3 is 2.78 bits per heavy atom. The second kappa shape index (κ2) is 7.63. The van der Waals surface area contributed by atoms with Gasteiger partial charge in [-0.05, 0) is 42.8 Å². The van der Waals surface area contributed by atoms with E-state index in [0.29, 0.717) is 6.61 Å². The van der Waals surface area contributed by atoms with Gasteiger partial charge < -0.3 is 14.8 Å². The lowest BCUT2D eigenvalue weighted by Crippen LogP contribution is -1.93. The van der Waals surface area contributed by atoms with Crippen molar-refractivity contribution in [1.29, 1.82) is 0 Å². The van der Waals surface area contributed by atoms with E-state index in [4.69, 9.17) is 9.47 Å². The van der Waals surface area contributed by atoms with Gasteiger partial charge in [0.1, 0.15) is 11.5 Å². The number of pyridine rings is 1. The number of fused-ring (bicyclic) bond motifs is 1. The first-order valence-electron chi connectivity index (χ1n) is 8.65. The fraction of sp³-hybridized carbons (Fsp3) is 0.143. The van der Waals surface area contributed by atoms with Gasteiger partial charge in [-0.3, -0.25) is 4.98 Å². The highest BCUT2D eigenvalue weighted by atomic mass is 32.1. The predicted octanol–water partition coefficient (Wildman–Crippen LogP) is 5.51. The van der Waals surface area contributed by atoms with Crippen LogP contribution >= 0.6 is 11.3 Å². The maximum absolute atomic E-state index is 5.55. The van der Waals surface area contributed by atoms with Gasteiger partial charge in [0.15, 0.2) is 5.13 Å². The average Bonchev–Trinajstić information content (AvgIpc) is 3.10. The third-order valence-corrected chi connectivity index (χ3v) is 5.00. The number of benzene rings is 2. The van der Waals surface area contributed by atoms with Crippen LogP contribution in [0.15, 0.2) is 60.9 Å². The second-order valence-electron chi connectivity index (χ2n) is 5.90. The molecule has 2 heterocycles. The smallest absolute Gasteiger partial charge is 0.188 e. The summed E-state index contributed by atoms with van der Waals surface area (Å²) in [5.41, 5.74) is 4.02. The summed E-state index contributed by atoms with van der Waals surface area (Å²) in [6.07, 6.45) is 3.54. The summed E-state index contributed by atoms with van der Waals surface area (Å²) in [6.45, 7) is 2.62. The van der Waals surface area contributed by atoms with E-state index in [0.717, 1.165) is 43.7 Å². The lowest BCUT2D eigenvalue weighted by Gasteiger charge is -2.06. The molecule has 0 amide bonds. The van der Waals surface area contributed by atoms with Crippen molar-refractivity contribution in [2.45, 2.75) is 6.92 Å². The van der Waals surface area contributed by atoms with Crippen LogP contribution in [0.25, 0.3) is 21.3 Å². The van der Waals surface area contributed by atoms with E-state index in [-0.39, 0.29) is 0 Å². The van der Waals surface area contributed by atoms with Crippen LogP contribution in [0.5, 0.6) is 11.5 Å². The quantitative estimate of drug-likeness (QED) is 0.480. The molecule has 2 aromatic carbocycles. The largest absolute Gasteiger partial charge is 0.495 e. The molecule has 27 heavy (non-hydrogen) atoms. The Bertz CT molecular complexity index is 1080. The fourth-order valence-electron chi connectivity index (χ4n) is 2.80. The molecule has 0 radical (unpaired) electrons. The van der Waals surface area contributed by atoms with Crippen molar-refractivity contribution in [1.82, 2.24) is 9.97 Å². The number of nitrogens with one attached hydrogen (secondary N) is 1. The number of thiazole rings is 1. The van der Waals surface area contributed by atoms with Gasteiger partial charge in [-0.1, -0.05) is 23.5 Å². The summed E-state index contributed by atoms with van der Waals surface area (Å²) < 4.78 is 11.9. The maximum Gasteiger partial charge on any atom is 0.188 e. The molecule has 0 saturated carbocycles. The number of hydrogen-bond donors (Lipinski definition) is 1. The first kappa shape index (κ1) is 17.3. The number of rotatable bonds is 6. The van der Waals surface area contributed by atoms with Crippen LogP contribution < -0.4 is 14.8 Å². The standard InChI is InChI=1S/C21H19N3O2S/c1-3-26-17-6-4-5-16(11-17)23-21-24-19-8-7-14(10-20(19)27-21)15-9-18(25-2)13-22-12-15/h4-13H,3H2,1-2H3,(H,23,24). The highest BCUT2D eigenvalue weighted by Gasteiger charge is 2.08. The summed E-state index contributed by atoms with van der Waals surface area (Å²) in [5, 5.41) is 4.21. The molecule has 0 spiro atoms. The van der Waals surface area contributed by atoms with Crippen molar-refractivity contribution in [3.63, 3.8) is 0 Å². The van der Waals surface area contributed by atoms with E-state index in [2.05, 4.69) is 27.4 Å². The molecule has 6 heteroatoms. The summed E-state index contributed by atoms with van der Waals surface area (Å²) in [6, 6.07) is 16.1. The molecule has 0 saturated heterocycles. The van der Waals surface area contributed by atoms with Crippen LogP contribution in [-0.2, 0) is 0 Å². The van der Waals surface area contributed by atoms with Crippen molar-refractivity contribution in [3.8, 4) is 22.6 Å². The van der Waals surface area contributed by atoms with Crippen LogP contribution in [0, 0.1) is 0 Å². The Labute approximate surface area is 161 Å². The lowest BCUT2D eigenvalue weighted by molar-refractivity contribution is 0.340. The van der Waals surface area contributed by atoms with Crippen LogP contribution in [0.1, 0.15) is 6.92 Å². The minimum atomic E-state index is 0.645. The predicted molar refractivity (Wildman–Crippen MR) is 110 cm³/mol. The van der Waals surface area contributed by atoms with Crippen molar-refractivity contribution in [3.05, 3.63) is 60.9 Å². The fourth-order valence-corrected chi connectivity index (χ4v) is 3.73. The molecule has 5 nitrogen and oxygen atoms in total. The van der Waals surface area contributed by atoms with Gasteiger partial charge in [0, 0.05) is 23.5 Å². The molecule has 0 aliphatic carbocycles. The molecule has 0 fully saturated rings. The molecule has 1 N–H and O–H groups in total. The molecule has 4 rings (SSSR count). The SMILES string of the molecule is CCOc1cccc(Nc2nc3ccc(-c4cncc(OC)c4)cc3s2)c1. The van der Waals surface area contributed by atoms with Gasteiger partial charge >= 0.3 is 0 Å². The highest BCUT2D eigenvalue weighted by Crippen LogP contribution is 2.33. The van der Waals surface area contributed by atoms with Crippen molar-refractivity contribution >= 4 is 32.4 Å². The van der Waals surface area contributed by atoms with E-state index in [1.54, 1.807) is 24.6 Å². The van der Waals surface area contributed by atoms with Crippen molar-refractivity contribution in [2.24, 2.45) is 0 Å². The molecule has 136 valence electrons. The number of hydrogen-bond acceptors (Lipinski definition) is 6. The number of ether oxygens (including phenoxy) is 2.